The molecule has 0 unspecified atom stereocenters. The van der Waals surface area contributed by atoms with Gasteiger partial charge in [-0.25, -0.2) is 0 Å². The molecule has 0 atom stereocenters. The molecule has 0 aromatic rings. The van der Waals surface area contributed by atoms with Gasteiger partial charge in [0.05, 0.1) is 0 Å². The van der Waals surface area contributed by atoms with Crippen LogP contribution >= 0.6 is 0 Å². The first-order valence-corrected chi connectivity index (χ1v) is 4.39. The summed E-state index contributed by atoms with van der Waals surface area (Å²) in [4.78, 5) is 0. The minimum atomic E-state index is 0.533. The fourth-order valence-corrected chi connectivity index (χ4v) is 1.13. The van der Waals surface area contributed by atoms with Crippen molar-refractivity contribution in [2.75, 3.05) is 13.1 Å². The van der Waals surface area contributed by atoms with Crippen molar-refractivity contribution in [3.05, 3.63) is 36.0 Å². The second kappa shape index (κ2) is 3.72. The molecule has 0 saturated carbocycles. The third kappa shape index (κ3) is 2.08. The van der Waals surface area contributed by atoms with Crippen molar-refractivity contribution in [1.29, 1.82) is 0 Å². The van der Waals surface area contributed by atoms with Gasteiger partial charge in [0.1, 0.15) is 0 Å². The van der Waals surface area contributed by atoms with E-state index in [-0.39, 0.29) is 0 Å². The van der Waals surface area contributed by atoms with Gasteiger partial charge in [-0.1, -0.05) is 38.7 Å². The Bertz CT molecular complexity index is 233. The first-order valence-electron chi connectivity index (χ1n) is 4.39. The predicted molar refractivity (Wildman–Crippen MR) is 54.1 cm³/mol. The lowest BCUT2D eigenvalue weighted by Crippen LogP contribution is -2.05. The summed E-state index contributed by atoms with van der Waals surface area (Å²) in [5, 5.41) is 3.26. The molecule has 1 rings (SSSR count). The van der Waals surface area contributed by atoms with Crippen LogP contribution in [0.3, 0.4) is 0 Å². The fourth-order valence-electron chi connectivity index (χ4n) is 1.13. The number of hydrogen-bond acceptors (Lipinski definition) is 1. The molecule has 0 amide bonds. The molecule has 1 heterocycles. The molecule has 1 aliphatic rings. The normalized spacial score (nSPS) is 20.9. The molecule has 0 spiro atoms. The van der Waals surface area contributed by atoms with Crippen LogP contribution in [0.2, 0.25) is 0 Å². The van der Waals surface area contributed by atoms with Crippen molar-refractivity contribution in [2.24, 2.45) is 5.92 Å². The Morgan fingerprint density at radius 3 is 2.58 bits per heavy atom. The maximum absolute atomic E-state index is 4.01. The highest BCUT2D eigenvalue weighted by Gasteiger charge is 2.10. The zero-order valence-corrected chi connectivity index (χ0v) is 7.98. The van der Waals surface area contributed by atoms with Gasteiger partial charge in [-0.15, -0.1) is 0 Å². The lowest BCUT2D eigenvalue weighted by molar-refractivity contribution is 0.793. The Morgan fingerprint density at radius 1 is 1.50 bits per heavy atom. The Labute approximate surface area is 74.9 Å². The average molecular weight is 163 g/mol. The van der Waals surface area contributed by atoms with E-state index in [0.717, 1.165) is 13.1 Å². The highest BCUT2D eigenvalue weighted by Crippen LogP contribution is 2.17. The van der Waals surface area contributed by atoms with Gasteiger partial charge in [0.2, 0.25) is 0 Å². The van der Waals surface area contributed by atoms with E-state index in [0.29, 0.717) is 5.92 Å². The smallest absolute Gasteiger partial charge is 0.0211 e. The second-order valence-corrected chi connectivity index (χ2v) is 3.61. The standard InChI is InChI=1S/C11H17N/c1-8(2)9(3)5-11-7-12-6-10(11)4/h5,8,12H,3-4,6-7H2,1-2H3/b11-5-. The zero-order chi connectivity index (χ0) is 9.14. The van der Waals surface area contributed by atoms with E-state index in [1.165, 1.54) is 16.7 Å². The van der Waals surface area contributed by atoms with Crippen molar-refractivity contribution < 1.29 is 0 Å². The SMILES string of the molecule is C=C1CNC/C1=C/C(=C)C(C)C. The molecule has 0 aromatic heterocycles. The molecule has 1 aliphatic heterocycles. The number of nitrogens with one attached hydrogen (secondary N) is 1. The summed E-state index contributed by atoms with van der Waals surface area (Å²) in [5.74, 6) is 0.533. The van der Waals surface area contributed by atoms with Crippen LogP contribution < -0.4 is 5.32 Å². The highest BCUT2D eigenvalue weighted by molar-refractivity contribution is 5.40. The lowest BCUT2D eigenvalue weighted by Gasteiger charge is -2.05. The summed E-state index contributed by atoms with van der Waals surface area (Å²) in [7, 11) is 0. The van der Waals surface area contributed by atoms with E-state index in [1.54, 1.807) is 0 Å². The molecule has 1 saturated heterocycles. The van der Waals surface area contributed by atoms with Crippen LogP contribution in [-0.2, 0) is 0 Å². The maximum atomic E-state index is 4.01. The molecular formula is C11H17N. The molecule has 0 aromatic carbocycles. The van der Waals surface area contributed by atoms with E-state index in [9.17, 15) is 0 Å². The molecule has 1 fully saturated rings. The van der Waals surface area contributed by atoms with Crippen LogP contribution in [-0.4, -0.2) is 13.1 Å². The summed E-state index contributed by atoms with van der Waals surface area (Å²) in [6, 6.07) is 0. The highest BCUT2D eigenvalue weighted by atomic mass is 14.9. The van der Waals surface area contributed by atoms with Crippen LogP contribution in [0, 0.1) is 5.92 Å². The van der Waals surface area contributed by atoms with Crippen LogP contribution in [0.25, 0.3) is 0 Å². The maximum Gasteiger partial charge on any atom is 0.0211 e. The van der Waals surface area contributed by atoms with E-state index in [1.807, 2.05) is 0 Å². The molecule has 0 aliphatic carbocycles. The molecular weight excluding hydrogens is 146 g/mol. The molecule has 66 valence electrons. The number of rotatable bonds is 2. The monoisotopic (exact) mass is 163 g/mol. The summed E-state index contributed by atoms with van der Waals surface area (Å²) >= 11 is 0. The van der Waals surface area contributed by atoms with E-state index < -0.39 is 0 Å². The Balaban J connectivity index is 2.68. The third-order valence-corrected chi connectivity index (χ3v) is 2.21. The molecule has 1 heteroatoms. The van der Waals surface area contributed by atoms with Gasteiger partial charge >= 0.3 is 0 Å². The van der Waals surface area contributed by atoms with Gasteiger partial charge in [-0.3, -0.25) is 0 Å². The lowest BCUT2D eigenvalue weighted by atomic mass is 10.0. The van der Waals surface area contributed by atoms with E-state index in [2.05, 4.69) is 38.4 Å². The van der Waals surface area contributed by atoms with E-state index >= 15 is 0 Å². The molecule has 0 bridgehead atoms. The Hall–Kier alpha value is -0.820. The van der Waals surface area contributed by atoms with Gasteiger partial charge in [-0.2, -0.15) is 0 Å². The van der Waals surface area contributed by atoms with E-state index in [4.69, 9.17) is 0 Å². The van der Waals surface area contributed by atoms with Crippen LogP contribution in [0.1, 0.15) is 13.8 Å². The average Bonchev–Trinajstić information content (AvgIpc) is 2.36. The second-order valence-electron chi connectivity index (χ2n) is 3.61. The summed E-state index contributed by atoms with van der Waals surface area (Å²) < 4.78 is 0. The number of allylic oxidation sites excluding steroid dienone is 2. The van der Waals surface area contributed by atoms with Crippen molar-refractivity contribution in [2.45, 2.75) is 13.8 Å². The van der Waals surface area contributed by atoms with Crippen LogP contribution in [0.4, 0.5) is 0 Å². The Kier molecular flexibility index (Phi) is 2.88. The summed E-state index contributed by atoms with van der Waals surface area (Å²) in [6.07, 6.45) is 2.16. The first kappa shape index (κ1) is 9.27. The quantitative estimate of drug-likeness (QED) is 0.658. The minimum absolute atomic E-state index is 0.533. The summed E-state index contributed by atoms with van der Waals surface area (Å²) in [6.45, 7) is 14.2. The number of hydrogen-bond donors (Lipinski definition) is 1. The molecule has 12 heavy (non-hydrogen) atoms. The van der Waals surface area contributed by atoms with Gasteiger partial charge < -0.3 is 5.32 Å². The predicted octanol–water partition coefficient (Wildman–Crippen LogP) is 2.28. The van der Waals surface area contributed by atoms with Crippen molar-refractivity contribution >= 4 is 0 Å². The minimum Gasteiger partial charge on any atom is -0.309 e. The van der Waals surface area contributed by atoms with Crippen LogP contribution in [0.15, 0.2) is 36.0 Å². The topological polar surface area (TPSA) is 12.0 Å². The largest absolute Gasteiger partial charge is 0.309 e. The van der Waals surface area contributed by atoms with Crippen molar-refractivity contribution in [1.82, 2.24) is 5.32 Å². The van der Waals surface area contributed by atoms with Crippen molar-refractivity contribution in [3.63, 3.8) is 0 Å². The Morgan fingerprint density at radius 2 is 2.17 bits per heavy atom. The van der Waals surface area contributed by atoms with Crippen LogP contribution in [0.5, 0.6) is 0 Å². The third-order valence-electron chi connectivity index (χ3n) is 2.21. The van der Waals surface area contributed by atoms with Crippen molar-refractivity contribution in [3.8, 4) is 0 Å². The van der Waals surface area contributed by atoms with Gasteiger partial charge in [0.25, 0.3) is 0 Å². The zero-order valence-electron chi connectivity index (χ0n) is 7.98. The first-order chi connectivity index (χ1) is 5.61. The summed E-state index contributed by atoms with van der Waals surface area (Å²) in [5.41, 5.74) is 3.71. The van der Waals surface area contributed by atoms with Gasteiger partial charge in [-0.05, 0) is 17.1 Å². The van der Waals surface area contributed by atoms with Gasteiger partial charge in [0, 0.05) is 13.1 Å². The molecule has 1 N–H and O–H groups in total. The fraction of sp³-hybridized carbons (Fsp3) is 0.455. The van der Waals surface area contributed by atoms with Gasteiger partial charge in [0.15, 0.2) is 0 Å². The molecule has 1 nitrogen and oxygen atoms in total. The molecule has 0 radical (unpaired) electrons.